The summed E-state index contributed by atoms with van der Waals surface area (Å²) in [5.41, 5.74) is -0.206. The second-order valence-electron chi connectivity index (χ2n) is 2.24. The zero-order chi connectivity index (χ0) is 10.0. The van der Waals surface area contributed by atoms with Crippen molar-refractivity contribution in [1.82, 2.24) is 0 Å². The summed E-state index contributed by atoms with van der Waals surface area (Å²) in [5.74, 6) is -2.19. The molecule has 1 aromatic rings. The van der Waals surface area contributed by atoms with E-state index in [1.165, 1.54) is 13.2 Å². The Bertz CT molecular complexity index is 351. The lowest BCUT2D eigenvalue weighted by Crippen LogP contribution is -2.03. The third-order valence-electron chi connectivity index (χ3n) is 1.48. The van der Waals surface area contributed by atoms with Crippen LogP contribution in [0.1, 0.15) is 10.4 Å². The summed E-state index contributed by atoms with van der Waals surface area (Å²) >= 11 is 3.00. The highest BCUT2D eigenvalue weighted by molar-refractivity contribution is 9.10. The van der Waals surface area contributed by atoms with Gasteiger partial charge in [-0.05, 0) is 28.1 Å². The van der Waals surface area contributed by atoms with Crippen molar-refractivity contribution < 1.29 is 19.0 Å². The first-order chi connectivity index (χ1) is 6.07. The number of carbonyl (C=O) groups is 1. The van der Waals surface area contributed by atoms with Gasteiger partial charge in [-0.2, -0.15) is 0 Å². The number of hydrogen-bond donors (Lipinski definition) is 1. The van der Waals surface area contributed by atoms with E-state index in [0.29, 0.717) is 4.47 Å². The zero-order valence-corrected chi connectivity index (χ0v) is 8.26. The Balaban J connectivity index is 3.43. The van der Waals surface area contributed by atoms with E-state index >= 15 is 0 Å². The number of aromatic carboxylic acids is 1. The molecule has 0 saturated heterocycles. The minimum atomic E-state index is -1.23. The van der Waals surface area contributed by atoms with E-state index in [1.807, 2.05) is 0 Å². The van der Waals surface area contributed by atoms with Crippen LogP contribution in [0.25, 0.3) is 0 Å². The van der Waals surface area contributed by atoms with Crippen LogP contribution in [-0.2, 0) is 0 Å². The van der Waals surface area contributed by atoms with Gasteiger partial charge in [0.05, 0.1) is 7.11 Å². The van der Waals surface area contributed by atoms with Gasteiger partial charge in [0, 0.05) is 4.47 Å². The maximum atomic E-state index is 13.0. The standard InChI is InChI=1S/C8H6BrFO3/c1-13-7-5(10)3-2-4(9)6(7)8(11)12/h2-3H,1H3,(H,11,12). The van der Waals surface area contributed by atoms with Gasteiger partial charge in [-0.3, -0.25) is 0 Å². The van der Waals surface area contributed by atoms with Gasteiger partial charge in [0.15, 0.2) is 11.6 Å². The quantitative estimate of drug-likeness (QED) is 0.874. The zero-order valence-electron chi connectivity index (χ0n) is 6.67. The van der Waals surface area contributed by atoms with E-state index in [0.717, 1.165) is 6.07 Å². The fraction of sp³-hybridized carbons (Fsp3) is 0.125. The molecule has 1 aromatic carbocycles. The van der Waals surface area contributed by atoms with E-state index in [2.05, 4.69) is 20.7 Å². The van der Waals surface area contributed by atoms with Crippen LogP contribution in [0.15, 0.2) is 16.6 Å². The normalized spacial score (nSPS) is 9.77. The first kappa shape index (κ1) is 9.98. The van der Waals surface area contributed by atoms with Gasteiger partial charge in [-0.1, -0.05) is 0 Å². The second kappa shape index (κ2) is 3.74. The Labute approximate surface area is 82.3 Å². The number of benzene rings is 1. The van der Waals surface area contributed by atoms with Crippen LogP contribution in [0, 0.1) is 5.82 Å². The number of carboxylic acid groups (broad SMARTS) is 1. The molecule has 0 amide bonds. The number of methoxy groups -OCH3 is 1. The van der Waals surface area contributed by atoms with Crippen molar-refractivity contribution in [3.63, 3.8) is 0 Å². The SMILES string of the molecule is COc1c(F)ccc(Br)c1C(=O)O. The second-order valence-corrected chi connectivity index (χ2v) is 3.10. The van der Waals surface area contributed by atoms with Crippen molar-refractivity contribution in [2.24, 2.45) is 0 Å². The Kier molecular flexibility index (Phi) is 2.87. The molecule has 0 unspecified atom stereocenters. The maximum Gasteiger partial charge on any atom is 0.340 e. The lowest BCUT2D eigenvalue weighted by Gasteiger charge is -2.06. The average Bonchev–Trinajstić information content (AvgIpc) is 2.07. The molecule has 0 bridgehead atoms. The maximum absolute atomic E-state index is 13.0. The Morgan fingerprint density at radius 1 is 1.62 bits per heavy atom. The van der Waals surface area contributed by atoms with Crippen molar-refractivity contribution in [2.45, 2.75) is 0 Å². The van der Waals surface area contributed by atoms with Gasteiger partial charge < -0.3 is 9.84 Å². The summed E-state index contributed by atoms with van der Waals surface area (Å²) in [6.45, 7) is 0. The molecule has 0 atom stereocenters. The molecule has 1 N–H and O–H groups in total. The molecule has 0 aliphatic rings. The Morgan fingerprint density at radius 3 is 2.62 bits per heavy atom. The van der Waals surface area contributed by atoms with E-state index in [9.17, 15) is 9.18 Å². The van der Waals surface area contributed by atoms with Gasteiger partial charge in [0.2, 0.25) is 0 Å². The lowest BCUT2D eigenvalue weighted by atomic mass is 10.2. The molecule has 3 nitrogen and oxygen atoms in total. The molecule has 13 heavy (non-hydrogen) atoms. The Morgan fingerprint density at radius 2 is 2.23 bits per heavy atom. The van der Waals surface area contributed by atoms with Crippen LogP contribution >= 0.6 is 15.9 Å². The molecule has 0 fully saturated rings. The molecule has 1 rings (SSSR count). The van der Waals surface area contributed by atoms with Crippen LogP contribution in [0.2, 0.25) is 0 Å². The van der Waals surface area contributed by atoms with E-state index < -0.39 is 11.8 Å². The Hall–Kier alpha value is -1.10. The molecule has 0 spiro atoms. The summed E-state index contributed by atoms with van der Waals surface area (Å²) in [4.78, 5) is 10.7. The molecular formula is C8H6BrFO3. The number of hydrogen-bond acceptors (Lipinski definition) is 2. The lowest BCUT2D eigenvalue weighted by molar-refractivity contribution is 0.0691. The predicted molar refractivity (Wildman–Crippen MR) is 47.6 cm³/mol. The highest BCUT2D eigenvalue weighted by Gasteiger charge is 2.18. The van der Waals surface area contributed by atoms with Crippen molar-refractivity contribution in [1.29, 1.82) is 0 Å². The third-order valence-corrected chi connectivity index (χ3v) is 2.14. The highest BCUT2D eigenvalue weighted by Crippen LogP contribution is 2.29. The minimum Gasteiger partial charge on any atom is -0.493 e. The first-order valence-electron chi connectivity index (χ1n) is 3.33. The molecule has 0 aliphatic carbocycles. The summed E-state index contributed by atoms with van der Waals surface area (Å²) in [6.07, 6.45) is 0. The summed E-state index contributed by atoms with van der Waals surface area (Å²) in [7, 11) is 1.22. The fourth-order valence-corrected chi connectivity index (χ4v) is 1.41. The first-order valence-corrected chi connectivity index (χ1v) is 4.12. The fourth-order valence-electron chi connectivity index (χ4n) is 0.932. The van der Waals surface area contributed by atoms with E-state index in [4.69, 9.17) is 5.11 Å². The summed E-state index contributed by atoms with van der Waals surface area (Å²) < 4.78 is 17.9. The van der Waals surface area contributed by atoms with Gasteiger partial charge in [0.1, 0.15) is 5.56 Å². The van der Waals surface area contributed by atoms with Crippen LogP contribution in [0.5, 0.6) is 5.75 Å². The largest absolute Gasteiger partial charge is 0.493 e. The average molecular weight is 249 g/mol. The van der Waals surface area contributed by atoms with Crippen molar-refractivity contribution in [3.05, 3.63) is 28.0 Å². The van der Waals surface area contributed by atoms with Crippen LogP contribution in [-0.4, -0.2) is 18.2 Å². The molecule has 70 valence electrons. The molecule has 0 heterocycles. The molecule has 5 heteroatoms. The van der Waals surface area contributed by atoms with Gasteiger partial charge in [-0.15, -0.1) is 0 Å². The molecule has 0 saturated carbocycles. The van der Waals surface area contributed by atoms with Crippen molar-refractivity contribution >= 4 is 21.9 Å². The van der Waals surface area contributed by atoms with Gasteiger partial charge in [-0.25, -0.2) is 9.18 Å². The van der Waals surface area contributed by atoms with Gasteiger partial charge >= 0.3 is 5.97 Å². The molecular weight excluding hydrogens is 243 g/mol. The van der Waals surface area contributed by atoms with E-state index in [1.54, 1.807) is 0 Å². The third kappa shape index (κ3) is 1.80. The number of halogens is 2. The smallest absolute Gasteiger partial charge is 0.340 e. The summed E-state index contributed by atoms with van der Waals surface area (Å²) in [5, 5.41) is 8.73. The topological polar surface area (TPSA) is 46.5 Å². The number of rotatable bonds is 2. The molecule has 0 aromatic heterocycles. The summed E-state index contributed by atoms with van der Waals surface area (Å²) in [6, 6.07) is 2.46. The monoisotopic (exact) mass is 248 g/mol. The minimum absolute atomic E-state index is 0.206. The number of ether oxygens (including phenoxy) is 1. The molecule has 0 aliphatic heterocycles. The number of carboxylic acids is 1. The van der Waals surface area contributed by atoms with Crippen LogP contribution < -0.4 is 4.74 Å². The highest BCUT2D eigenvalue weighted by atomic mass is 79.9. The van der Waals surface area contributed by atoms with Gasteiger partial charge in [0.25, 0.3) is 0 Å². The van der Waals surface area contributed by atoms with Crippen molar-refractivity contribution in [3.8, 4) is 5.75 Å². The van der Waals surface area contributed by atoms with Crippen LogP contribution in [0.4, 0.5) is 4.39 Å². The van der Waals surface area contributed by atoms with Crippen molar-refractivity contribution in [2.75, 3.05) is 7.11 Å². The van der Waals surface area contributed by atoms with E-state index in [-0.39, 0.29) is 11.3 Å². The predicted octanol–water partition coefficient (Wildman–Crippen LogP) is 2.29. The van der Waals surface area contributed by atoms with Crippen LogP contribution in [0.3, 0.4) is 0 Å². The molecule has 0 radical (unpaired) electrons.